The molecule has 0 aliphatic heterocycles. The van der Waals surface area contributed by atoms with Gasteiger partial charge in [0.05, 0.1) is 6.42 Å². The Hall–Kier alpha value is -1.51. The Morgan fingerprint density at radius 1 is 1.41 bits per heavy atom. The van der Waals surface area contributed by atoms with Crippen molar-refractivity contribution in [1.29, 1.82) is 0 Å². The zero-order valence-corrected chi connectivity index (χ0v) is 10.2. The smallest absolute Gasteiger partial charge is 0.305 e. The lowest BCUT2D eigenvalue weighted by Gasteiger charge is -2.31. The van der Waals surface area contributed by atoms with Gasteiger partial charge in [-0.1, -0.05) is 18.2 Å². The van der Waals surface area contributed by atoms with Gasteiger partial charge in [0.2, 0.25) is 0 Å². The molecule has 0 heterocycles. The number of carbonyl (C=O) groups is 1. The Morgan fingerprint density at radius 2 is 2.06 bits per heavy atom. The minimum Gasteiger partial charge on any atom is -0.481 e. The first-order chi connectivity index (χ1) is 8.18. The average molecular weight is 233 g/mol. The number of hydrogen-bond acceptors (Lipinski definition) is 2. The lowest BCUT2D eigenvalue weighted by atomic mass is 10.1. The Bertz CT molecular complexity index is 373. The Kier molecular flexibility index (Phi) is 3.67. The molecule has 1 aliphatic rings. The zero-order valence-electron chi connectivity index (χ0n) is 10.2. The predicted octanol–water partition coefficient (Wildman–Crippen LogP) is 2.77. The van der Waals surface area contributed by atoms with Crippen molar-refractivity contribution in [2.24, 2.45) is 5.92 Å². The molecule has 0 bridgehead atoms. The van der Waals surface area contributed by atoms with E-state index in [0.717, 1.165) is 11.6 Å². The summed E-state index contributed by atoms with van der Waals surface area (Å²) in [4.78, 5) is 12.9. The van der Waals surface area contributed by atoms with E-state index in [2.05, 4.69) is 24.0 Å². The second kappa shape index (κ2) is 5.21. The molecule has 1 fully saturated rings. The number of carboxylic acids is 1. The van der Waals surface area contributed by atoms with Crippen LogP contribution in [0.4, 0.5) is 5.69 Å². The summed E-state index contributed by atoms with van der Waals surface area (Å²) in [5.41, 5.74) is 1.13. The maximum absolute atomic E-state index is 10.7. The Balaban J connectivity index is 2.08. The lowest BCUT2D eigenvalue weighted by molar-refractivity contribution is -0.136. The predicted molar refractivity (Wildman–Crippen MR) is 68.2 cm³/mol. The monoisotopic (exact) mass is 233 g/mol. The number of benzene rings is 1. The maximum Gasteiger partial charge on any atom is 0.305 e. The number of nitrogens with zero attached hydrogens (tertiary/aromatic N) is 1. The van der Waals surface area contributed by atoms with E-state index in [-0.39, 0.29) is 6.42 Å². The molecule has 0 amide bonds. The van der Waals surface area contributed by atoms with Crippen molar-refractivity contribution in [3.63, 3.8) is 0 Å². The molecular formula is C14H19NO2. The first-order valence-corrected chi connectivity index (χ1v) is 6.22. The van der Waals surface area contributed by atoms with E-state index in [0.29, 0.717) is 12.6 Å². The van der Waals surface area contributed by atoms with E-state index in [4.69, 9.17) is 5.11 Å². The second-order valence-corrected chi connectivity index (χ2v) is 4.75. The van der Waals surface area contributed by atoms with Gasteiger partial charge in [0.25, 0.3) is 0 Å². The van der Waals surface area contributed by atoms with E-state index in [1.165, 1.54) is 12.8 Å². The van der Waals surface area contributed by atoms with Crippen molar-refractivity contribution in [2.75, 3.05) is 11.4 Å². The van der Waals surface area contributed by atoms with E-state index >= 15 is 0 Å². The van der Waals surface area contributed by atoms with Gasteiger partial charge in [-0.3, -0.25) is 4.79 Å². The average Bonchev–Trinajstić information content (AvgIpc) is 3.14. The Morgan fingerprint density at radius 3 is 2.59 bits per heavy atom. The molecule has 1 aromatic rings. The molecule has 1 aliphatic carbocycles. The minimum absolute atomic E-state index is 0.200. The topological polar surface area (TPSA) is 40.5 Å². The van der Waals surface area contributed by atoms with E-state index in [1.54, 1.807) is 0 Å². The van der Waals surface area contributed by atoms with Crippen molar-refractivity contribution in [3.05, 3.63) is 30.3 Å². The normalized spacial score (nSPS) is 16.5. The minimum atomic E-state index is -0.728. The molecule has 3 heteroatoms. The summed E-state index contributed by atoms with van der Waals surface area (Å²) in [6.07, 6.45) is 2.75. The third-order valence-electron chi connectivity index (χ3n) is 3.45. The molecule has 1 atom stereocenters. The highest BCUT2D eigenvalue weighted by Gasteiger charge is 2.32. The number of carboxylic acid groups (broad SMARTS) is 1. The van der Waals surface area contributed by atoms with Crippen LogP contribution in [0.2, 0.25) is 0 Å². The van der Waals surface area contributed by atoms with Crippen LogP contribution in [0.5, 0.6) is 0 Å². The van der Waals surface area contributed by atoms with Crippen LogP contribution in [0.25, 0.3) is 0 Å². The van der Waals surface area contributed by atoms with E-state index in [9.17, 15) is 4.79 Å². The molecule has 1 saturated carbocycles. The lowest BCUT2D eigenvalue weighted by Crippen LogP contribution is -2.36. The van der Waals surface area contributed by atoms with Gasteiger partial charge in [-0.2, -0.15) is 0 Å². The van der Waals surface area contributed by atoms with Gasteiger partial charge in [-0.05, 0) is 37.8 Å². The standard InChI is InChI=1S/C14H19NO2/c1-11(12-7-8-12)15(10-9-14(16)17)13-5-3-2-4-6-13/h2-6,11-12H,7-10H2,1H3,(H,16,17). The first kappa shape index (κ1) is 12.0. The van der Waals surface area contributed by atoms with Gasteiger partial charge in [-0.15, -0.1) is 0 Å². The van der Waals surface area contributed by atoms with E-state index < -0.39 is 5.97 Å². The number of rotatable bonds is 6. The molecule has 0 radical (unpaired) electrons. The van der Waals surface area contributed by atoms with Crippen molar-refractivity contribution in [1.82, 2.24) is 0 Å². The number of anilines is 1. The first-order valence-electron chi connectivity index (χ1n) is 6.22. The van der Waals surface area contributed by atoms with Gasteiger partial charge < -0.3 is 10.0 Å². The number of hydrogen-bond donors (Lipinski definition) is 1. The van der Waals surface area contributed by atoms with Crippen LogP contribution in [0, 0.1) is 5.92 Å². The quantitative estimate of drug-likeness (QED) is 0.821. The maximum atomic E-state index is 10.7. The fraction of sp³-hybridized carbons (Fsp3) is 0.500. The van der Waals surface area contributed by atoms with Gasteiger partial charge in [0.1, 0.15) is 0 Å². The van der Waals surface area contributed by atoms with Crippen LogP contribution >= 0.6 is 0 Å². The zero-order chi connectivity index (χ0) is 12.3. The van der Waals surface area contributed by atoms with Crippen molar-refractivity contribution >= 4 is 11.7 Å². The fourth-order valence-corrected chi connectivity index (χ4v) is 2.24. The SMILES string of the molecule is CC(C1CC1)N(CCC(=O)O)c1ccccc1. The molecule has 0 saturated heterocycles. The summed E-state index contributed by atoms with van der Waals surface area (Å²) in [5.74, 6) is 0.0120. The fourth-order valence-electron chi connectivity index (χ4n) is 2.24. The van der Waals surface area contributed by atoms with Gasteiger partial charge in [0.15, 0.2) is 0 Å². The highest BCUT2D eigenvalue weighted by Crippen LogP contribution is 2.36. The van der Waals surface area contributed by atoms with Gasteiger partial charge in [-0.25, -0.2) is 0 Å². The molecule has 2 rings (SSSR count). The third kappa shape index (κ3) is 3.22. The molecule has 92 valence electrons. The molecule has 1 N–H and O–H groups in total. The van der Waals surface area contributed by atoms with Gasteiger partial charge >= 0.3 is 5.97 Å². The van der Waals surface area contributed by atoms with E-state index in [1.807, 2.05) is 18.2 Å². The van der Waals surface area contributed by atoms with Crippen LogP contribution in [0.15, 0.2) is 30.3 Å². The molecule has 1 aromatic carbocycles. The molecular weight excluding hydrogens is 214 g/mol. The Labute approximate surface area is 102 Å². The van der Waals surface area contributed by atoms with Crippen LogP contribution in [0.1, 0.15) is 26.2 Å². The molecule has 0 aromatic heterocycles. The van der Waals surface area contributed by atoms with Crippen LogP contribution in [0.3, 0.4) is 0 Å². The number of aliphatic carboxylic acids is 1. The molecule has 3 nitrogen and oxygen atoms in total. The molecule has 1 unspecified atom stereocenters. The van der Waals surface area contributed by atoms with Crippen LogP contribution in [-0.4, -0.2) is 23.7 Å². The third-order valence-corrected chi connectivity index (χ3v) is 3.45. The summed E-state index contributed by atoms with van der Waals surface area (Å²) in [6.45, 7) is 2.80. The highest BCUT2D eigenvalue weighted by atomic mass is 16.4. The summed E-state index contributed by atoms with van der Waals surface area (Å²) in [5, 5.41) is 8.82. The largest absolute Gasteiger partial charge is 0.481 e. The summed E-state index contributed by atoms with van der Waals surface area (Å²) in [7, 11) is 0. The van der Waals surface area contributed by atoms with Gasteiger partial charge in [0, 0.05) is 18.3 Å². The van der Waals surface area contributed by atoms with Crippen LogP contribution in [-0.2, 0) is 4.79 Å². The number of para-hydroxylation sites is 1. The summed E-state index contributed by atoms with van der Waals surface area (Å²) >= 11 is 0. The highest BCUT2D eigenvalue weighted by molar-refractivity contribution is 5.67. The summed E-state index contributed by atoms with van der Waals surface area (Å²) in [6, 6.07) is 10.5. The van der Waals surface area contributed by atoms with Crippen LogP contribution < -0.4 is 4.90 Å². The second-order valence-electron chi connectivity index (χ2n) is 4.75. The van der Waals surface area contributed by atoms with Crippen molar-refractivity contribution in [3.8, 4) is 0 Å². The van der Waals surface area contributed by atoms with Crippen molar-refractivity contribution < 1.29 is 9.90 Å². The van der Waals surface area contributed by atoms with Crippen molar-refractivity contribution in [2.45, 2.75) is 32.2 Å². The molecule has 17 heavy (non-hydrogen) atoms. The molecule has 0 spiro atoms. The summed E-state index contributed by atoms with van der Waals surface area (Å²) < 4.78 is 0.